The molecule has 0 aliphatic heterocycles. The SMILES string of the molecule is CC(CCO)NS(=O)(=O)CS(C)(=O)=O. The maximum Gasteiger partial charge on any atom is 0.226 e. The maximum absolute atomic E-state index is 11.2. The number of nitrogens with one attached hydrogen (secondary N) is 1. The van der Waals surface area contributed by atoms with Crippen LogP contribution in [0.5, 0.6) is 0 Å². The van der Waals surface area contributed by atoms with Gasteiger partial charge in [-0.25, -0.2) is 21.6 Å². The third-order valence-electron chi connectivity index (χ3n) is 1.31. The summed E-state index contributed by atoms with van der Waals surface area (Å²) in [6.07, 6.45) is 1.10. The van der Waals surface area contributed by atoms with E-state index in [1.807, 2.05) is 0 Å². The van der Waals surface area contributed by atoms with Gasteiger partial charge in [-0.3, -0.25) is 0 Å². The van der Waals surface area contributed by atoms with Crippen LogP contribution >= 0.6 is 0 Å². The summed E-state index contributed by atoms with van der Waals surface area (Å²) in [5.74, 6) is 0. The molecule has 14 heavy (non-hydrogen) atoms. The van der Waals surface area contributed by atoms with Crippen LogP contribution in [-0.4, -0.2) is 45.9 Å². The molecular weight excluding hydrogens is 230 g/mol. The highest BCUT2D eigenvalue weighted by Gasteiger charge is 2.19. The Morgan fingerprint density at radius 2 is 1.79 bits per heavy atom. The number of hydrogen-bond acceptors (Lipinski definition) is 5. The molecule has 0 aliphatic rings. The van der Waals surface area contributed by atoms with Crippen LogP contribution in [0.15, 0.2) is 0 Å². The third-order valence-corrected chi connectivity index (χ3v) is 5.03. The number of sulfone groups is 1. The zero-order valence-corrected chi connectivity index (χ0v) is 9.73. The van der Waals surface area contributed by atoms with E-state index < -0.39 is 31.0 Å². The molecule has 0 saturated heterocycles. The Labute approximate surface area is 84.3 Å². The van der Waals surface area contributed by atoms with Crippen molar-refractivity contribution < 1.29 is 21.9 Å². The predicted molar refractivity (Wildman–Crippen MR) is 52.9 cm³/mol. The van der Waals surface area contributed by atoms with Crippen LogP contribution in [0.1, 0.15) is 13.3 Å². The smallest absolute Gasteiger partial charge is 0.226 e. The number of aliphatic hydroxyl groups is 1. The number of hydrogen-bond donors (Lipinski definition) is 2. The van der Waals surface area contributed by atoms with Gasteiger partial charge in [-0.2, -0.15) is 0 Å². The first-order valence-electron chi connectivity index (χ1n) is 3.95. The molecule has 8 heteroatoms. The predicted octanol–water partition coefficient (Wildman–Crippen LogP) is -1.32. The van der Waals surface area contributed by atoms with Gasteiger partial charge < -0.3 is 5.11 Å². The topological polar surface area (TPSA) is 101 Å². The van der Waals surface area contributed by atoms with Crippen molar-refractivity contribution >= 4 is 19.9 Å². The molecule has 0 amide bonds. The van der Waals surface area contributed by atoms with Gasteiger partial charge >= 0.3 is 0 Å². The van der Waals surface area contributed by atoms with Gasteiger partial charge in [0.15, 0.2) is 14.9 Å². The summed E-state index contributed by atoms with van der Waals surface area (Å²) < 4.78 is 45.9. The lowest BCUT2D eigenvalue weighted by atomic mass is 10.3. The molecule has 0 aromatic heterocycles. The molecule has 0 radical (unpaired) electrons. The lowest BCUT2D eigenvalue weighted by molar-refractivity contribution is 0.275. The molecule has 0 rings (SSSR count). The Morgan fingerprint density at radius 1 is 1.29 bits per heavy atom. The molecule has 0 aromatic carbocycles. The molecule has 0 fully saturated rings. The van der Waals surface area contributed by atoms with Crippen LogP contribution < -0.4 is 4.72 Å². The molecular formula is C6H15NO5S2. The van der Waals surface area contributed by atoms with E-state index in [9.17, 15) is 16.8 Å². The van der Waals surface area contributed by atoms with Gasteiger partial charge in [0.25, 0.3) is 0 Å². The molecule has 6 nitrogen and oxygen atoms in total. The van der Waals surface area contributed by atoms with Crippen molar-refractivity contribution in [3.8, 4) is 0 Å². The minimum atomic E-state index is -3.81. The van der Waals surface area contributed by atoms with Gasteiger partial charge in [0.2, 0.25) is 10.0 Å². The summed E-state index contributed by atoms with van der Waals surface area (Å²) in [6.45, 7) is 1.40. The molecule has 1 unspecified atom stereocenters. The standard InChI is InChI=1S/C6H15NO5S2/c1-6(3-4-8)7-14(11,12)5-13(2,9)10/h6-8H,3-5H2,1-2H3. The minimum Gasteiger partial charge on any atom is -0.396 e. The summed E-state index contributed by atoms with van der Waals surface area (Å²) >= 11 is 0. The molecule has 0 aromatic rings. The highest BCUT2D eigenvalue weighted by atomic mass is 32.3. The highest BCUT2D eigenvalue weighted by molar-refractivity contribution is 8.06. The van der Waals surface area contributed by atoms with Crippen LogP contribution in [0.3, 0.4) is 0 Å². The van der Waals surface area contributed by atoms with E-state index in [1.165, 1.54) is 0 Å². The van der Waals surface area contributed by atoms with Gasteiger partial charge in [-0.05, 0) is 13.3 Å². The molecule has 0 aliphatic carbocycles. The summed E-state index contributed by atoms with van der Waals surface area (Å²) in [5, 5.41) is 7.59. The number of rotatable bonds is 6. The molecule has 1 atom stereocenters. The Balaban J connectivity index is 4.37. The van der Waals surface area contributed by atoms with Crippen molar-refractivity contribution in [2.24, 2.45) is 0 Å². The summed E-state index contributed by atoms with van der Waals surface area (Å²) in [5.41, 5.74) is 0. The Hall–Kier alpha value is -0.180. The van der Waals surface area contributed by atoms with Gasteiger partial charge in [0.05, 0.1) is 0 Å². The molecule has 0 spiro atoms. The normalized spacial score (nSPS) is 15.4. The van der Waals surface area contributed by atoms with E-state index >= 15 is 0 Å². The molecule has 0 bridgehead atoms. The van der Waals surface area contributed by atoms with E-state index in [1.54, 1.807) is 6.92 Å². The average molecular weight is 245 g/mol. The minimum absolute atomic E-state index is 0.150. The molecule has 86 valence electrons. The van der Waals surface area contributed by atoms with Crippen molar-refractivity contribution in [3.05, 3.63) is 0 Å². The van der Waals surface area contributed by atoms with Crippen molar-refractivity contribution in [1.29, 1.82) is 0 Å². The Bertz CT molecular complexity index is 358. The number of aliphatic hydroxyl groups excluding tert-OH is 1. The fraction of sp³-hybridized carbons (Fsp3) is 1.00. The fourth-order valence-corrected chi connectivity index (χ4v) is 4.13. The summed E-state index contributed by atoms with van der Waals surface area (Å²) in [7, 11) is -7.37. The summed E-state index contributed by atoms with van der Waals surface area (Å²) in [6, 6.07) is -0.466. The fourth-order valence-electron chi connectivity index (χ4n) is 0.875. The first-order valence-corrected chi connectivity index (χ1v) is 7.66. The second-order valence-corrected chi connectivity index (χ2v) is 7.45. The van der Waals surface area contributed by atoms with Crippen LogP contribution in [-0.2, 0) is 19.9 Å². The second kappa shape index (κ2) is 5.06. The Morgan fingerprint density at radius 3 is 2.14 bits per heavy atom. The van der Waals surface area contributed by atoms with E-state index in [-0.39, 0.29) is 13.0 Å². The van der Waals surface area contributed by atoms with E-state index in [4.69, 9.17) is 5.11 Å². The monoisotopic (exact) mass is 245 g/mol. The quantitative estimate of drug-likeness (QED) is 0.604. The molecule has 2 N–H and O–H groups in total. The number of sulfonamides is 1. The van der Waals surface area contributed by atoms with Gasteiger partial charge in [0, 0.05) is 18.9 Å². The zero-order chi connectivity index (χ0) is 11.4. The van der Waals surface area contributed by atoms with Crippen molar-refractivity contribution in [2.45, 2.75) is 19.4 Å². The average Bonchev–Trinajstić information content (AvgIpc) is 1.78. The van der Waals surface area contributed by atoms with Gasteiger partial charge in [-0.15, -0.1) is 0 Å². The van der Waals surface area contributed by atoms with E-state index in [2.05, 4.69) is 4.72 Å². The first-order chi connectivity index (χ1) is 6.16. The van der Waals surface area contributed by atoms with Crippen LogP contribution in [0, 0.1) is 0 Å². The molecule has 0 heterocycles. The summed E-state index contributed by atoms with van der Waals surface area (Å²) in [4.78, 5) is 0. The van der Waals surface area contributed by atoms with Gasteiger partial charge in [-0.1, -0.05) is 0 Å². The lowest BCUT2D eigenvalue weighted by Gasteiger charge is -2.11. The van der Waals surface area contributed by atoms with Crippen LogP contribution in [0.4, 0.5) is 0 Å². The van der Waals surface area contributed by atoms with Gasteiger partial charge in [0.1, 0.15) is 0 Å². The maximum atomic E-state index is 11.2. The van der Waals surface area contributed by atoms with Crippen molar-refractivity contribution in [1.82, 2.24) is 4.72 Å². The first kappa shape index (κ1) is 13.8. The third kappa shape index (κ3) is 7.25. The molecule has 0 saturated carbocycles. The second-order valence-electron chi connectivity index (χ2n) is 3.19. The largest absolute Gasteiger partial charge is 0.396 e. The van der Waals surface area contributed by atoms with Crippen molar-refractivity contribution in [2.75, 3.05) is 17.9 Å². The van der Waals surface area contributed by atoms with E-state index in [0.717, 1.165) is 6.26 Å². The zero-order valence-electron chi connectivity index (χ0n) is 8.10. The van der Waals surface area contributed by atoms with E-state index in [0.29, 0.717) is 0 Å². The van der Waals surface area contributed by atoms with Crippen LogP contribution in [0.25, 0.3) is 0 Å². The highest BCUT2D eigenvalue weighted by Crippen LogP contribution is 1.97. The van der Waals surface area contributed by atoms with Crippen LogP contribution in [0.2, 0.25) is 0 Å². The Kier molecular flexibility index (Phi) is 4.99. The lowest BCUT2D eigenvalue weighted by Crippen LogP contribution is -2.36. The van der Waals surface area contributed by atoms with Crippen molar-refractivity contribution in [3.63, 3.8) is 0 Å².